The topological polar surface area (TPSA) is 104 Å². The predicted octanol–water partition coefficient (Wildman–Crippen LogP) is 2.53. The normalized spacial score (nSPS) is 18.0. The SMILES string of the molecule is O=[N+]([O-])c1ccc(N2CCC(O)CC2)nc1Nc1ccccc1N1CCOCC1. The smallest absolute Gasteiger partial charge is 0.311 e. The number of para-hydroxylation sites is 2. The molecular formula is C20H25N5O4. The van der Waals surface area contributed by atoms with Crippen molar-refractivity contribution in [1.29, 1.82) is 0 Å². The van der Waals surface area contributed by atoms with Gasteiger partial charge in [0.15, 0.2) is 0 Å². The van der Waals surface area contributed by atoms with Gasteiger partial charge in [0.1, 0.15) is 5.82 Å². The number of piperidine rings is 1. The molecule has 0 aliphatic carbocycles. The molecule has 9 heteroatoms. The second-order valence-electron chi connectivity index (χ2n) is 7.25. The van der Waals surface area contributed by atoms with Gasteiger partial charge in [0.05, 0.1) is 35.6 Å². The summed E-state index contributed by atoms with van der Waals surface area (Å²) in [5, 5.41) is 24.5. The molecule has 2 aromatic rings. The van der Waals surface area contributed by atoms with Crippen LogP contribution in [0.5, 0.6) is 0 Å². The number of benzene rings is 1. The quantitative estimate of drug-likeness (QED) is 0.584. The number of aromatic nitrogens is 1. The molecule has 0 radical (unpaired) electrons. The van der Waals surface area contributed by atoms with E-state index in [4.69, 9.17) is 4.74 Å². The lowest BCUT2D eigenvalue weighted by molar-refractivity contribution is -0.384. The third-order valence-corrected chi connectivity index (χ3v) is 5.35. The van der Waals surface area contributed by atoms with Gasteiger partial charge in [0.25, 0.3) is 0 Å². The highest BCUT2D eigenvalue weighted by molar-refractivity contribution is 5.77. The van der Waals surface area contributed by atoms with Crippen molar-refractivity contribution in [1.82, 2.24) is 4.98 Å². The predicted molar refractivity (Wildman–Crippen MR) is 111 cm³/mol. The number of aliphatic hydroxyl groups is 1. The van der Waals surface area contributed by atoms with Gasteiger partial charge >= 0.3 is 5.69 Å². The summed E-state index contributed by atoms with van der Waals surface area (Å²) in [6, 6.07) is 10.9. The molecule has 0 atom stereocenters. The van der Waals surface area contributed by atoms with Crippen LogP contribution >= 0.6 is 0 Å². The molecule has 2 aliphatic rings. The Morgan fingerprint density at radius 2 is 1.79 bits per heavy atom. The maximum absolute atomic E-state index is 11.6. The molecule has 2 saturated heterocycles. The van der Waals surface area contributed by atoms with E-state index in [2.05, 4.69) is 20.1 Å². The summed E-state index contributed by atoms with van der Waals surface area (Å²) in [5.74, 6) is 0.896. The van der Waals surface area contributed by atoms with Crippen LogP contribution in [0, 0.1) is 10.1 Å². The maximum atomic E-state index is 11.6. The van der Waals surface area contributed by atoms with E-state index >= 15 is 0 Å². The van der Waals surface area contributed by atoms with E-state index in [1.807, 2.05) is 24.3 Å². The monoisotopic (exact) mass is 399 g/mol. The summed E-state index contributed by atoms with van der Waals surface area (Å²) in [7, 11) is 0. The third-order valence-electron chi connectivity index (χ3n) is 5.35. The first-order chi connectivity index (χ1) is 14.1. The van der Waals surface area contributed by atoms with Gasteiger partial charge < -0.3 is 25.0 Å². The van der Waals surface area contributed by atoms with Gasteiger partial charge in [-0.1, -0.05) is 12.1 Å². The van der Waals surface area contributed by atoms with Crippen molar-refractivity contribution in [2.24, 2.45) is 0 Å². The van der Waals surface area contributed by atoms with Crippen LogP contribution in [-0.4, -0.2) is 60.5 Å². The average Bonchev–Trinajstić information content (AvgIpc) is 2.75. The molecule has 4 rings (SSSR count). The number of rotatable bonds is 5. The van der Waals surface area contributed by atoms with Crippen LogP contribution in [0.15, 0.2) is 36.4 Å². The van der Waals surface area contributed by atoms with Gasteiger partial charge in [-0.05, 0) is 31.0 Å². The fraction of sp³-hybridized carbons (Fsp3) is 0.450. The highest BCUT2D eigenvalue weighted by Crippen LogP contribution is 2.34. The highest BCUT2D eigenvalue weighted by Gasteiger charge is 2.23. The Bertz CT molecular complexity index is 864. The molecule has 1 aromatic heterocycles. The molecule has 9 nitrogen and oxygen atoms in total. The number of hydrogen-bond donors (Lipinski definition) is 2. The van der Waals surface area contributed by atoms with E-state index in [0.717, 1.165) is 24.5 Å². The van der Waals surface area contributed by atoms with Crippen molar-refractivity contribution < 1.29 is 14.8 Å². The van der Waals surface area contributed by atoms with E-state index in [-0.39, 0.29) is 17.6 Å². The Morgan fingerprint density at radius 3 is 2.52 bits per heavy atom. The second kappa shape index (κ2) is 8.62. The summed E-state index contributed by atoms with van der Waals surface area (Å²) in [6.45, 7) is 4.20. The Kier molecular flexibility index (Phi) is 5.77. The van der Waals surface area contributed by atoms with Crippen molar-refractivity contribution in [3.05, 3.63) is 46.5 Å². The third kappa shape index (κ3) is 4.41. The van der Waals surface area contributed by atoms with E-state index in [9.17, 15) is 15.2 Å². The number of ether oxygens (including phenoxy) is 1. The fourth-order valence-electron chi connectivity index (χ4n) is 3.74. The lowest BCUT2D eigenvalue weighted by atomic mass is 10.1. The molecule has 2 fully saturated rings. The molecule has 0 unspecified atom stereocenters. The lowest BCUT2D eigenvalue weighted by Gasteiger charge is -2.31. The molecule has 0 saturated carbocycles. The van der Waals surface area contributed by atoms with Gasteiger partial charge in [-0.25, -0.2) is 4.98 Å². The average molecular weight is 399 g/mol. The Balaban J connectivity index is 1.64. The van der Waals surface area contributed by atoms with Gasteiger partial charge in [-0.3, -0.25) is 10.1 Å². The van der Waals surface area contributed by atoms with E-state index < -0.39 is 4.92 Å². The van der Waals surface area contributed by atoms with Crippen LogP contribution in [-0.2, 0) is 4.74 Å². The molecule has 0 amide bonds. The molecule has 154 valence electrons. The number of nitrogens with one attached hydrogen (secondary N) is 1. The molecular weight excluding hydrogens is 374 g/mol. The van der Waals surface area contributed by atoms with Crippen molar-refractivity contribution in [3.63, 3.8) is 0 Å². The largest absolute Gasteiger partial charge is 0.393 e. The van der Waals surface area contributed by atoms with Crippen molar-refractivity contribution in [2.45, 2.75) is 18.9 Å². The molecule has 2 N–H and O–H groups in total. The van der Waals surface area contributed by atoms with E-state index in [0.29, 0.717) is 45.0 Å². The molecule has 1 aromatic carbocycles. The van der Waals surface area contributed by atoms with Crippen LogP contribution in [0.25, 0.3) is 0 Å². The van der Waals surface area contributed by atoms with Crippen molar-refractivity contribution in [2.75, 3.05) is 54.5 Å². The summed E-state index contributed by atoms with van der Waals surface area (Å²) in [6.07, 6.45) is 1.05. The van der Waals surface area contributed by atoms with E-state index in [1.54, 1.807) is 6.07 Å². The Hall–Kier alpha value is -2.91. The zero-order chi connectivity index (χ0) is 20.2. The standard InChI is InChI=1S/C20H25N5O4/c26-15-7-9-24(10-8-15)19-6-5-18(25(27)28)20(22-19)21-16-3-1-2-4-17(16)23-11-13-29-14-12-23/h1-6,15,26H,7-14H2,(H,21,22). The first kappa shape index (κ1) is 19.4. The van der Waals surface area contributed by atoms with Crippen LogP contribution in [0.3, 0.4) is 0 Å². The first-order valence-corrected chi connectivity index (χ1v) is 9.89. The van der Waals surface area contributed by atoms with Crippen molar-refractivity contribution >= 4 is 28.7 Å². The zero-order valence-corrected chi connectivity index (χ0v) is 16.2. The minimum absolute atomic E-state index is 0.0671. The lowest BCUT2D eigenvalue weighted by Crippen LogP contribution is -2.36. The zero-order valence-electron chi connectivity index (χ0n) is 16.2. The van der Waals surface area contributed by atoms with Gasteiger partial charge in [0.2, 0.25) is 5.82 Å². The molecule has 0 spiro atoms. The number of hydrogen-bond acceptors (Lipinski definition) is 8. The Morgan fingerprint density at radius 1 is 1.07 bits per heavy atom. The minimum atomic E-state index is -0.420. The molecule has 0 bridgehead atoms. The summed E-state index contributed by atoms with van der Waals surface area (Å²) in [5.41, 5.74) is 1.68. The van der Waals surface area contributed by atoms with Crippen LogP contribution < -0.4 is 15.1 Å². The van der Waals surface area contributed by atoms with Gasteiger partial charge in [0, 0.05) is 32.2 Å². The van der Waals surface area contributed by atoms with E-state index in [1.165, 1.54) is 6.07 Å². The maximum Gasteiger partial charge on any atom is 0.311 e. The summed E-state index contributed by atoms with van der Waals surface area (Å²) in [4.78, 5) is 20.0. The van der Waals surface area contributed by atoms with Crippen LogP contribution in [0.2, 0.25) is 0 Å². The number of nitro groups is 1. The molecule has 2 aliphatic heterocycles. The summed E-state index contributed by atoms with van der Waals surface area (Å²) < 4.78 is 5.43. The number of pyridine rings is 1. The van der Waals surface area contributed by atoms with Crippen LogP contribution in [0.4, 0.5) is 28.7 Å². The van der Waals surface area contributed by atoms with Gasteiger partial charge in [-0.2, -0.15) is 0 Å². The second-order valence-corrected chi connectivity index (χ2v) is 7.25. The number of anilines is 4. The highest BCUT2D eigenvalue weighted by atomic mass is 16.6. The first-order valence-electron chi connectivity index (χ1n) is 9.89. The van der Waals surface area contributed by atoms with Crippen LogP contribution in [0.1, 0.15) is 12.8 Å². The number of morpholine rings is 1. The number of aliphatic hydroxyl groups excluding tert-OH is 1. The minimum Gasteiger partial charge on any atom is -0.393 e. The molecule has 29 heavy (non-hydrogen) atoms. The number of nitrogens with zero attached hydrogens (tertiary/aromatic N) is 4. The van der Waals surface area contributed by atoms with Crippen molar-refractivity contribution in [3.8, 4) is 0 Å². The van der Waals surface area contributed by atoms with Gasteiger partial charge in [-0.15, -0.1) is 0 Å². The summed E-state index contributed by atoms with van der Waals surface area (Å²) >= 11 is 0. The molecule has 3 heterocycles. The fourth-order valence-corrected chi connectivity index (χ4v) is 3.74. The Labute approximate surface area is 169 Å².